The molecular weight excluding hydrogens is 304 g/mol. The highest BCUT2D eigenvalue weighted by Crippen LogP contribution is 2.24. The van der Waals surface area contributed by atoms with Gasteiger partial charge in [-0.15, -0.1) is 0 Å². The summed E-state index contributed by atoms with van der Waals surface area (Å²) in [7, 11) is 0. The van der Waals surface area contributed by atoms with Crippen LogP contribution in [0.15, 0.2) is 36.4 Å². The third-order valence-electron chi connectivity index (χ3n) is 3.28. The zero-order valence-corrected chi connectivity index (χ0v) is 12.4. The summed E-state index contributed by atoms with van der Waals surface area (Å²) in [4.78, 5) is 22.6. The molecule has 2 aromatic rings. The normalized spacial score (nSPS) is 10.0. The van der Waals surface area contributed by atoms with Gasteiger partial charge in [-0.3, -0.25) is 14.9 Å². The molecule has 0 bridgehead atoms. The lowest BCUT2D eigenvalue weighted by atomic mass is 9.98. The van der Waals surface area contributed by atoms with Crippen molar-refractivity contribution in [2.75, 3.05) is 0 Å². The maximum Gasteiger partial charge on any atom is 0.270 e. The Morgan fingerprint density at radius 2 is 2.05 bits per heavy atom. The van der Waals surface area contributed by atoms with Crippen molar-refractivity contribution in [3.8, 4) is 6.07 Å². The number of nitro benzene ring substituents is 1. The van der Waals surface area contributed by atoms with Crippen LogP contribution in [0.5, 0.6) is 0 Å². The summed E-state index contributed by atoms with van der Waals surface area (Å²) in [6, 6.07) is 10.8. The van der Waals surface area contributed by atoms with Crippen molar-refractivity contribution in [1.82, 2.24) is 0 Å². The number of benzene rings is 2. The van der Waals surface area contributed by atoms with E-state index in [1.807, 2.05) is 6.07 Å². The molecule has 22 heavy (non-hydrogen) atoms. The first kappa shape index (κ1) is 15.7. The molecule has 0 unspecified atom stereocenters. The summed E-state index contributed by atoms with van der Waals surface area (Å²) < 4.78 is 0. The van der Waals surface area contributed by atoms with Crippen LogP contribution in [0.4, 0.5) is 5.69 Å². The van der Waals surface area contributed by atoms with Gasteiger partial charge in [0, 0.05) is 24.1 Å². The number of nitrogens with zero attached hydrogens (tertiary/aromatic N) is 2. The fourth-order valence-electron chi connectivity index (χ4n) is 2.07. The maximum atomic E-state index is 12.3. The van der Waals surface area contributed by atoms with Gasteiger partial charge in [0.1, 0.15) is 0 Å². The highest BCUT2D eigenvalue weighted by atomic mass is 35.5. The molecule has 110 valence electrons. The van der Waals surface area contributed by atoms with Crippen LogP contribution in [0.1, 0.15) is 27.0 Å². The number of aryl methyl sites for hydroxylation is 1. The SMILES string of the molecule is Cc1cc(C#N)ccc1CC(=O)c1cc([N+](=O)[O-])ccc1Cl. The summed E-state index contributed by atoms with van der Waals surface area (Å²) >= 11 is 5.96. The number of nitriles is 1. The molecule has 0 saturated heterocycles. The first-order valence-corrected chi connectivity index (χ1v) is 6.77. The minimum atomic E-state index is -0.569. The number of hydrogen-bond donors (Lipinski definition) is 0. The number of carbonyl (C=O) groups is 1. The summed E-state index contributed by atoms with van der Waals surface area (Å²) in [5.74, 6) is -0.304. The number of carbonyl (C=O) groups excluding carboxylic acids is 1. The maximum absolute atomic E-state index is 12.3. The molecule has 2 rings (SSSR count). The largest absolute Gasteiger partial charge is 0.294 e. The predicted molar refractivity (Wildman–Crippen MR) is 82.0 cm³/mol. The minimum Gasteiger partial charge on any atom is -0.294 e. The van der Waals surface area contributed by atoms with Crippen molar-refractivity contribution in [3.63, 3.8) is 0 Å². The van der Waals surface area contributed by atoms with E-state index in [1.54, 1.807) is 25.1 Å². The van der Waals surface area contributed by atoms with E-state index < -0.39 is 4.92 Å². The van der Waals surface area contributed by atoms with Gasteiger partial charge in [-0.2, -0.15) is 5.26 Å². The Kier molecular flexibility index (Phi) is 4.54. The number of ketones is 1. The first-order chi connectivity index (χ1) is 10.4. The smallest absolute Gasteiger partial charge is 0.270 e. The summed E-state index contributed by atoms with van der Waals surface area (Å²) in [6.07, 6.45) is 0.0679. The quantitative estimate of drug-likeness (QED) is 0.487. The average Bonchev–Trinajstić information content (AvgIpc) is 2.49. The van der Waals surface area contributed by atoms with Crippen molar-refractivity contribution in [2.45, 2.75) is 13.3 Å². The monoisotopic (exact) mass is 314 g/mol. The van der Waals surface area contributed by atoms with Gasteiger partial charge in [-0.1, -0.05) is 17.7 Å². The van der Waals surface area contributed by atoms with Crippen LogP contribution in [0.3, 0.4) is 0 Å². The highest BCUT2D eigenvalue weighted by Gasteiger charge is 2.17. The van der Waals surface area contributed by atoms with E-state index in [1.165, 1.54) is 18.2 Å². The van der Waals surface area contributed by atoms with Crippen LogP contribution >= 0.6 is 11.6 Å². The molecule has 0 N–H and O–H groups in total. The Morgan fingerprint density at radius 1 is 1.32 bits per heavy atom. The molecule has 0 aromatic heterocycles. The minimum absolute atomic E-state index is 0.0679. The Hall–Kier alpha value is -2.71. The topological polar surface area (TPSA) is 84.0 Å². The molecule has 0 aliphatic rings. The molecule has 0 spiro atoms. The first-order valence-electron chi connectivity index (χ1n) is 6.39. The Balaban J connectivity index is 2.32. The summed E-state index contributed by atoms with van der Waals surface area (Å²) in [5.41, 5.74) is 2.03. The van der Waals surface area contributed by atoms with E-state index in [-0.39, 0.29) is 28.5 Å². The van der Waals surface area contributed by atoms with E-state index in [0.717, 1.165) is 11.1 Å². The lowest BCUT2D eigenvalue weighted by molar-refractivity contribution is -0.384. The molecular formula is C16H11ClN2O3. The van der Waals surface area contributed by atoms with Crippen molar-refractivity contribution in [1.29, 1.82) is 5.26 Å². The molecule has 0 fully saturated rings. The van der Waals surface area contributed by atoms with Gasteiger partial charge >= 0.3 is 0 Å². The molecule has 0 aliphatic heterocycles. The third-order valence-corrected chi connectivity index (χ3v) is 3.61. The molecule has 0 saturated carbocycles. The standard InChI is InChI=1S/C16H11ClN2O3/c1-10-6-11(9-18)2-3-12(10)7-16(20)14-8-13(19(21)22)4-5-15(14)17/h2-6,8H,7H2,1H3. The van der Waals surface area contributed by atoms with Gasteiger partial charge in [-0.25, -0.2) is 0 Å². The van der Waals surface area contributed by atoms with Gasteiger partial charge in [0.05, 0.1) is 21.6 Å². The number of hydrogen-bond acceptors (Lipinski definition) is 4. The Morgan fingerprint density at radius 3 is 2.64 bits per heavy atom. The van der Waals surface area contributed by atoms with Crippen molar-refractivity contribution < 1.29 is 9.72 Å². The second kappa shape index (κ2) is 6.37. The second-order valence-electron chi connectivity index (χ2n) is 4.77. The summed E-state index contributed by atoms with van der Waals surface area (Å²) in [6.45, 7) is 1.80. The van der Waals surface area contributed by atoms with Crippen molar-refractivity contribution in [3.05, 3.63) is 73.8 Å². The van der Waals surface area contributed by atoms with E-state index in [4.69, 9.17) is 16.9 Å². The molecule has 6 heteroatoms. The second-order valence-corrected chi connectivity index (χ2v) is 5.18. The average molecular weight is 315 g/mol. The van der Waals surface area contributed by atoms with E-state index in [2.05, 4.69) is 0 Å². The van der Waals surface area contributed by atoms with Gasteiger partial charge in [0.15, 0.2) is 5.78 Å². The van der Waals surface area contributed by atoms with Crippen LogP contribution < -0.4 is 0 Å². The van der Waals surface area contributed by atoms with Crippen LogP contribution in [0.25, 0.3) is 0 Å². The fourth-order valence-corrected chi connectivity index (χ4v) is 2.30. The number of Topliss-reactive ketones (excluding diaryl/α,β-unsaturated/α-hetero) is 1. The van der Waals surface area contributed by atoms with Crippen molar-refractivity contribution in [2.24, 2.45) is 0 Å². The Labute approximate surface area is 131 Å². The number of rotatable bonds is 4. The van der Waals surface area contributed by atoms with E-state index >= 15 is 0 Å². The molecule has 0 atom stereocenters. The predicted octanol–water partition coefficient (Wildman–Crippen LogP) is 3.85. The highest BCUT2D eigenvalue weighted by molar-refractivity contribution is 6.34. The number of halogens is 1. The molecule has 2 aromatic carbocycles. The van der Waals surface area contributed by atoms with Crippen LogP contribution in [-0.2, 0) is 6.42 Å². The van der Waals surface area contributed by atoms with Gasteiger partial charge < -0.3 is 0 Å². The molecule has 5 nitrogen and oxygen atoms in total. The molecule has 0 aliphatic carbocycles. The molecule has 0 radical (unpaired) electrons. The van der Waals surface area contributed by atoms with Gasteiger partial charge in [0.2, 0.25) is 0 Å². The van der Waals surface area contributed by atoms with Crippen LogP contribution in [0, 0.1) is 28.4 Å². The van der Waals surface area contributed by atoms with Crippen LogP contribution in [-0.4, -0.2) is 10.7 Å². The van der Waals surface area contributed by atoms with E-state index in [9.17, 15) is 14.9 Å². The van der Waals surface area contributed by atoms with Gasteiger partial charge in [-0.05, 0) is 36.2 Å². The zero-order chi connectivity index (χ0) is 16.3. The number of nitro groups is 1. The van der Waals surface area contributed by atoms with E-state index in [0.29, 0.717) is 5.56 Å². The molecule has 0 heterocycles. The molecule has 0 amide bonds. The third kappa shape index (κ3) is 3.30. The Bertz CT molecular complexity index is 810. The van der Waals surface area contributed by atoms with Crippen LogP contribution in [0.2, 0.25) is 5.02 Å². The summed E-state index contributed by atoms with van der Waals surface area (Å²) in [5, 5.41) is 19.8. The fraction of sp³-hybridized carbons (Fsp3) is 0.125. The lowest BCUT2D eigenvalue weighted by Crippen LogP contribution is -2.06. The van der Waals surface area contributed by atoms with Gasteiger partial charge in [0.25, 0.3) is 5.69 Å². The van der Waals surface area contributed by atoms with Crippen molar-refractivity contribution >= 4 is 23.1 Å². The number of non-ortho nitro benzene ring substituents is 1. The zero-order valence-electron chi connectivity index (χ0n) is 11.7. The lowest BCUT2D eigenvalue weighted by Gasteiger charge is -2.07.